The maximum absolute atomic E-state index is 13.7. The fourth-order valence-corrected chi connectivity index (χ4v) is 4.16. The number of carboxylic acids is 2. The third kappa shape index (κ3) is 6.69. The first-order chi connectivity index (χ1) is 17.4. The van der Waals surface area contributed by atoms with E-state index in [1.165, 1.54) is 11.8 Å². The Morgan fingerprint density at radius 2 is 1.71 bits per heavy atom. The summed E-state index contributed by atoms with van der Waals surface area (Å²) in [5, 5.41) is 30.5. The predicted octanol–water partition coefficient (Wildman–Crippen LogP) is 3.46. The standard InChI is InChI=1S/C25H35N3O10/c1-14(2)27(16-9-8-10-26(13-16)23(34)38-24(4,5)6)20(29)17-12-18(28(35)36)19(11-15(17)3)37-25(7,21(30)31)22(32)33/h11-12,14,16H,8-10,13H2,1-7H3,(H,30,31)(H,32,33)/t16-/m1/s1. The van der Waals surface area contributed by atoms with Crippen LogP contribution in [0.15, 0.2) is 12.1 Å². The zero-order valence-electron chi connectivity index (χ0n) is 22.6. The van der Waals surface area contributed by atoms with E-state index in [1.54, 1.807) is 39.5 Å². The molecule has 13 nitrogen and oxygen atoms in total. The minimum absolute atomic E-state index is 0.0282. The second-order valence-electron chi connectivity index (χ2n) is 10.7. The van der Waals surface area contributed by atoms with Crippen LogP contribution in [0.25, 0.3) is 0 Å². The van der Waals surface area contributed by atoms with E-state index in [-0.39, 0.29) is 29.8 Å². The van der Waals surface area contributed by atoms with E-state index < -0.39 is 51.5 Å². The van der Waals surface area contributed by atoms with Gasteiger partial charge in [0.05, 0.1) is 11.0 Å². The van der Waals surface area contributed by atoms with Crippen molar-refractivity contribution in [3.63, 3.8) is 0 Å². The molecule has 1 saturated heterocycles. The normalized spacial score (nSPS) is 16.1. The van der Waals surface area contributed by atoms with Crippen LogP contribution in [0.1, 0.15) is 70.3 Å². The van der Waals surface area contributed by atoms with Gasteiger partial charge in [-0.2, -0.15) is 0 Å². The molecule has 2 rings (SSSR count). The summed E-state index contributed by atoms with van der Waals surface area (Å²) in [6, 6.07) is 1.33. The lowest BCUT2D eigenvalue weighted by molar-refractivity contribution is -0.386. The van der Waals surface area contributed by atoms with Crippen molar-refractivity contribution in [3.8, 4) is 5.75 Å². The van der Waals surface area contributed by atoms with Crippen LogP contribution >= 0.6 is 0 Å². The second-order valence-corrected chi connectivity index (χ2v) is 10.7. The molecule has 1 heterocycles. The van der Waals surface area contributed by atoms with E-state index in [0.717, 1.165) is 19.1 Å². The van der Waals surface area contributed by atoms with Gasteiger partial charge < -0.3 is 29.5 Å². The first kappa shape index (κ1) is 30.3. The molecule has 1 aromatic rings. The van der Waals surface area contributed by atoms with Gasteiger partial charge in [-0.1, -0.05) is 0 Å². The lowest BCUT2D eigenvalue weighted by atomic mass is 9.99. The molecule has 1 aromatic carbocycles. The quantitative estimate of drug-likeness (QED) is 0.283. The number of aliphatic carboxylic acids is 2. The summed E-state index contributed by atoms with van der Waals surface area (Å²) in [5.74, 6) is -4.83. The van der Waals surface area contributed by atoms with Gasteiger partial charge in [-0.25, -0.2) is 14.4 Å². The number of nitro groups is 1. The summed E-state index contributed by atoms with van der Waals surface area (Å²) in [6.45, 7) is 11.8. The maximum Gasteiger partial charge on any atom is 0.410 e. The number of carboxylic acid groups (broad SMARTS) is 2. The average Bonchev–Trinajstić information content (AvgIpc) is 2.77. The van der Waals surface area contributed by atoms with Crippen LogP contribution in [0.3, 0.4) is 0 Å². The fraction of sp³-hybridized carbons (Fsp3) is 0.600. The highest BCUT2D eigenvalue weighted by molar-refractivity contribution is 6.02. The molecular weight excluding hydrogens is 502 g/mol. The Hall–Kier alpha value is -3.90. The highest BCUT2D eigenvalue weighted by Crippen LogP contribution is 2.35. The Kier molecular flexibility index (Phi) is 8.96. The van der Waals surface area contributed by atoms with Gasteiger partial charge in [-0.3, -0.25) is 14.9 Å². The molecule has 1 atom stereocenters. The van der Waals surface area contributed by atoms with Gasteiger partial charge in [-0.05, 0) is 72.9 Å². The van der Waals surface area contributed by atoms with E-state index in [2.05, 4.69) is 0 Å². The Morgan fingerprint density at radius 3 is 2.18 bits per heavy atom. The molecule has 210 valence electrons. The molecule has 0 radical (unpaired) electrons. The molecule has 0 spiro atoms. The predicted molar refractivity (Wildman–Crippen MR) is 134 cm³/mol. The van der Waals surface area contributed by atoms with Gasteiger partial charge in [-0.15, -0.1) is 0 Å². The lowest BCUT2D eigenvalue weighted by Crippen LogP contribution is -2.54. The van der Waals surface area contributed by atoms with Crippen molar-refractivity contribution < 1.29 is 43.8 Å². The van der Waals surface area contributed by atoms with Crippen LogP contribution in [0.4, 0.5) is 10.5 Å². The molecule has 13 heteroatoms. The van der Waals surface area contributed by atoms with Crippen molar-refractivity contribution in [1.29, 1.82) is 0 Å². The number of amides is 2. The number of likely N-dealkylation sites (tertiary alicyclic amines) is 1. The van der Waals surface area contributed by atoms with Crippen molar-refractivity contribution in [3.05, 3.63) is 33.4 Å². The summed E-state index contributed by atoms with van der Waals surface area (Å²) in [4.78, 5) is 63.5. The van der Waals surface area contributed by atoms with Crippen LogP contribution in [-0.2, 0) is 14.3 Å². The van der Waals surface area contributed by atoms with Crippen LogP contribution in [0.2, 0.25) is 0 Å². The van der Waals surface area contributed by atoms with Crippen LogP contribution < -0.4 is 4.74 Å². The summed E-state index contributed by atoms with van der Waals surface area (Å²) in [6.07, 6.45) is 0.725. The SMILES string of the molecule is Cc1cc(OC(C)(C(=O)O)C(=O)O)c([N+](=O)[O-])cc1C(=O)N(C(C)C)[C@@H]1CCCN(C(=O)OC(C)(C)C)C1. The van der Waals surface area contributed by atoms with Crippen molar-refractivity contribution in [2.45, 2.75) is 84.6 Å². The zero-order valence-corrected chi connectivity index (χ0v) is 22.6. The number of benzene rings is 1. The number of carbonyl (C=O) groups is 4. The minimum Gasteiger partial charge on any atom is -0.478 e. The molecule has 0 aromatic heterocycles. The van der Waals surface area contributed by atoms with Crippen molar-refractivity contribution in [2.75, 3.05) is 13.1 Å². The molecule has 0 unspecified atom stereocenters. The maximum atomic E-state index is 13.7. The molecule has 38 heavy (non-hydrogen) atoms. The minimum atomic E-state index is -2.79. The molecule has 1 aliphatic rings. The van der Waals surface area contributed by atoms with Crippen molar-refractivity contribution in [2.24, 2.45) is 0 Å². The van der Waals surface area contributed by atoms with Crippen molar-refractivity contribution >= 4 is 29.6 Å². The smallest absolute Gasteiger partial charge is 0.410 e. The number of ether oxygens (including phenoxy) is 2. The van der Waals surface area contributed by atoms with Gasteiger partial charge in [0.1, 0.15) is 5.60 Å². The Morgan fingerprint density at radius 1 is 1.13 bits per heavy atom. The molecular formula is C25H35N3O10. The summed E-state index contributed by atoms with van der Waals surface area (Å²) in [7, 11) is 0. The third-order valence-corrected chi connectivity index (χ3v) is 6.10. The zero-order chi connectivity index (χ0) is 29.2. The van der Waals surface area contributed by atoms with Gasteiger partial charge in [0.15, 0.2) is 5.75 Å². The summed E-state index contributed by atoms with van der Waals surface area (Å²) < 4.78 is 10.6. The van der Waals surface area contributed by atoms with Gasteiger partial charge in [0.25, 0.3) is 11.5 Å². The molecule has 0 saturated carbocycles. The summed E-state index contributed by atoms with van der Waals surface area (Å²) >= 11 is 0. The van der Waals surface area contributed by atoms with Crippen LogP contribution in [0.5, 0.6) is 5.75 Å². The number of carbonyl (C=O) groups excluding carboxylic acids is 2. The number of hydrogen-bond acceptors (Lipinski definition) is 8. The molecule has 2 amide bonds. The molecule has 1 aliphatic heterocycles. The lowest BCUT2D eigenvalue weighted by Gasteiger charge is -2.41. The Bertz CT molecular complexity index is 1110. The number of aryl methyl sites for hydroxylation is 1. The monoisotopic (exact) mass is 537 g/mol. The van der Waals surface area contributed by atoms with Crippen molar-refractivity contribution in [1.82, 2.24) is 9.80 Å². The van der Waals surface area contributed by atoms with E-state index in [1.807, 2.05) is 0 Å². The first-order valence-corrected chi connectivity index (χ1v) is 12.1. The van der Waals surface area contributed by atoms with E-state index >= 15 is 0 Å². The fourth-order valence-electron chi connectivity index (χ4n) is 4.16. The molecule has 2 N–H and O–H groups in total. The van der Waals surface area contributed by atoms with E-state index in [4.69, 9.17) is 9.47 Å². The largest absolute Gasteiger partial charge is 0.478 e. The number of nitro benzene ring substituents is 1. The number of hydrogen-bond donors (Lipinski definition) is 2. The van der Waals surface area contributed by atoms with Crippen LogP contribution in [-0.4, -0.2) is 85.3 Å². The first-order valence-electron chi connectivity index (χ1n) is 12.1. The number of nitrogens with zero attached hydrogens (tertiary/aromatic N) is 3. The topological polar surface area (TPSA) is 177 Å². The van der Waals surface area contributed by atoms with Crippen LogP contribution in [0, 0.1) is 17.0 Å². The third-order valence-electron chi connectivity index (χ3n) is 6.10. The number of rotatable bonds is 8. The summed E-state index contributed by atoms with van der Waals surface area (Å²) in [5.41, 5.74) is -4.04. The Balaban J connectivity index is 2.46. The number of piperidine rings is 1. The van der Waals surface area contributed by atoms with Gasteiger partial charge >= 0.3 is 23.7 Å². The highest BCUT2D eigenvalue weighted by Gasteiger charge is 2.46. The highest BCUT2D eigenvalue weighted by atomic mass is 16.6. The molecule has 1 fully saturated rings. The average molecular weight is 538 g/mol. The Labute approximate surface area is 220 Å². The molecule has 0 aliphatic carbocycles. The molecule has 0 bridgehead atoms. The van der Waals surface area contributed by atoms with Gasteiger partial charge in [0, 0.05) is 30.8 Å². The van der Waals surface area contributed by atoms with E-state index in [9.17, 15) is 39.5 Å². The second kappa shape index (κ2) is 11.2. The van der Waals surface area contributed by atoms with E-state index in [0.29, 0.717) is 19.4 Å². The van der Waals surface area contributed by atoms with Gasteiger partial charge in [0.2, 0.25) is 0 Å².